The second-order valence-electron chi connectivity index (χ2n) is 6.56. The standard InChI is InChI=1S/C17H24ClNOS/c1-12(2)13-5-7-14(8-6-13)15-19(9-10-21-15)16(20)17(3,4)11-18/h5-8,12,15H,9-11H2,1-4H3/t15-/m1/s1. The molecule has 2 rings (SSSR count). The largest absolute Gasteiger partial charge is 0.325 e. The summed E-state index contributed by atoms with van der Waals surface area (Å²) < 4.78 is 0. The summed E-state index contributed by atoms with van der Waals surface area (Å²) in [7, 11) is 0. The number of nitrogens with zero attached hydrogens (tertiary/aromatic N) is 1. The lowest BCUT2D eigenvalue weighted by atomic mass is 9.94. The molecule has 1 fully saturated rings. The van der Waals surface area contributed by atoms with Crippen molar-refractivity contribution in [1.82, 2.24) is 4.90 Å². The summed E-state index contributed by atoms with van der Waals surface area (Å²) in [5, 5.41) is 0.126. The van der Waals surface area contributed by atoms with Crippen molar-refractivity contribution in [3.63, 3.8) is 0 Å². The summed E-state index contributed by atoms with van der Waals surface area (Å²) in [4.78, 5) is 14.7. The maximum atomic E-state index is 12.7. The van der Waals surface area contributed by atoms with Crippen LogP contribution in [-0.2, 0) is 4.79 Å². The number of carbonyl (C=O) groups excluding carboxylic acids is 1. The van der Waals surface area contributed by atoms with Crippen LogP contribution in [0.25, 0.3) is 0 Å². The van der Waals surface area contributed by atoms with E-state index in [0.29, 0.717) is 11.8 Å². The Hall–Kier alpha value is -0.670. The molecule has 1 atom stereocenters. The molecule has 116 valence electrons. The number of hydrogen-bond acceptors (Lipinski definition) is 2. The number of rotatable bonds is 4. The highest BCUT2D eigenvalue weighted by Crippen LogP contribution is 2.40. The second kappa shape index (κ2) is 6.62. The molecule has 0 aliphatic carbocycles. The molecule has 0 spiro atoms. The fourth-order valence-corrected chi connectivity index (χ4v) is 3.82. The van der Waals surface area contributed by atoms with E-state index in [1.807, 2.05) is 30.5 Å². The van der Waals surface area contributed by atoms with Crippen LogP contribution in [0.2, 0.25) is 0 Å². The molecular weight excluding hydrogens is 302 g/mol. The fraction of sp³-hybridized carbons (Fsp3) is 0.588. The first-order valence-corrected chi connectivity index (χ1v) is 9.03. The summed E-state index contributed by atoms with van der Waals surface area (Å²) >= 11 is 7.80. The number of thioether (sulfide) groups is 1. The summed E-state index contributed by atoms with van der Waals surface area (Å²) in [6.07, 6.45) is 0. The number of alkyl halides is 1. The molecule has 21 heavy (non-hydrogen) atoms. The Labute approximate surface area is 137 Å². The van der Waals surface area contributed by atoms with Gasteiger partial charge in [-0.25, -0.2) is 0 Å². The Morgan fingerprint density at radius 3 is 2.52 bits per heavy atom. The van der Waals surface area contributed by atoms with E-state index in [1.54, 1.807) is 0 Å². The molecule has 1 aliphatic rings. The van der Waals surface area contributed by atoms with Gasteiger partial charge < -0.3 is 4.90 Å². The smallest absolute Gasteiger partial charge is 0.230 e. The van der Waals surface area contributed by atoms with E-state index >= 15 is 0 Å². The minimum atomic E-state index is -0.497. The molecule has 0 radical (unpaired) electrons. The van der Waals surface area contributed by atoms with E-state index in [0.717, 1.165) is 12.3 Å². The topological polar surface area (TPSA) is 20.3 Å². The van der Waals surface area contributed by atoms with Crippen LogP contribution in [0, 0.1) is 5.41 Å². The van der Waals surface area contributed by atoms with Crippen LogP contribution in [0.1, 0.15) is 50.1 Å². The number of amides is 1. The average molecular weight is 326 g/mol. The first-order chi connectivity index (χ1) is 9.86. The molecule has 1 aromatic rings. The minimum Gasteiger partial charge on any atom is -0.325 e. The highest BCUT2D eigenvalue weighted by Gasteiger charge is 2.38. The zero-order valence-electron chi connectivity index (χ0n) is 13.2. The molecule has 1 aromatic carbocycles. The van der Waals surface area contributed by atoms with Gasteiger partial charge in [0.1, 0.15) is 5.37 Å². The summed E-state index contributed by atoms with van der Waals surface area (Å²) in [6, 6.07) is 8.67. The van der Waals surface area contributed by atoms with Crippen molar-refractivity contribution in [2.45, 2.75) is 39.0 Å². The van der Waals surface area contributed by atoms with Gasteiger partial charge in [0.25, 0.3) is 0 Å². The quantitative estimate of drug-likeness (QED) is 0.751. The van der Waals surface area contributed by atoms with E-state index < -0.39 is 5.41 Å². The SMILES string of the molecule is CC(C)c1ccc([C@H]2SCCN2C(=O)C(C)(C)CCl)cc1. The van der Waals surface area contributed by atoms with Gasteiger partial charge in [0, 0.05) is 18.2 Å². The van der Waals surface area contributed by atoms with Crippen molar-refractivity contribution >= 4 is 29.3 Å². The minimum absolute atomic E-state index is 0.126. The number of hydrogen-bond donors (Lipinski definition) is 0. The van der Waals surface area contributed by atoms with Gasteiger partial charge >= 0.3 is 0 Å². The van der Waals surface area contributed by atoms with Crippen LogP contribution in [0.5, 0.6) is 0 Å². The first-order valence-electron chi connectivity index (χ1n) is 7.45. The Balaban J connectivity index is 2.20. The molecule has 0 bridgehead atoms. The van der Waals surface area contributed by atoms with Gasteiger partial charge in [-0.1, -0.05) is 38.1 Å². The van der Waals surface area contributed by atoms with E-state index in [-0.39, 0.29) is 11.3 Å². The van der Waals surface area contributed by atoms with Gasteiger partial charge in [-0.3, -0.25) is 4.79 Å². The van der Waals surface area contributed by atoms with Crippen molar-refractivity contribution < 1.29 is 4.79 Å². The third-order valence-corrected chi connectivity index (χ3v) is 5.88. The predicted octanol–water partition coefficient (Wildman–Crippen LogP) is 4.65. The third-order valence-electron chi connectivity index (χ3n) is 3.95. The highest BCUT2D eigenvalue weighted by molar-refractivity contribution is 7.99. The fourth-order valence-electron chi connectivity index (χ4n) is 2.45. The monoisotopic (exact) mass is 325 g/mol. The van der Waals surface area contributed by atoms with Crippen molar-refractivity contribution in [2.75, 3.05) is 18.2 Å². The highest BCUT2D eigenvalue weighted by atomic mass is 35.5. The lowest BCUT2D eigenvalue weighted by molar-refractivity contribution is -0.139. The van der Waals surface area contributed by atoms with Crippen molar-refractivity contribution in [1.29, 1.82) is 0 Å². The maximum absolute atomic E-state index is 12.7. The molecule has 0 N–H and O–H groups in total. The molecule has 2 nitrogen and oxygen atoms in total. The second-order valence-corrected chi connectivity index (χ2v) is 8.02. The van der Waals surface area contributed by atoms with Crippen LogP contribution >= 0.6 is 23.4 Å². The van der Waals surface area contributed by atoms with Crippen LogP contribution < -0.4 is 0 Å². The van der Waals surface area contributed by atoms with E-state index in [1.165, 1.54) is 11.1 Å². The molecule has 1 heterocycles. The van der Waals surface area contributed by atoms with Gasteiger partial charge in [0.15, 0.2) is 0 Å². The van der Waals surface area contributed by atoms with Crippen LogP contribution in [0.3, 0.4) is 0 Å². The Kier molecular flexibility index (Phi) is 5.26. The van der Waals surface area contributed by atoms with Crippen LogP contribution in [-0.4, -0.2) is 29.0 Å². The molecule has 0 saturated carbocycles. The molecule has 1 saturated heterocycles. The van der Waals surface area contributed by atoms with Gasteiger partial charge in [-0.2, -0.15) is 0 Å². The van der Waals surface area contributed by atoms with E-state index in [2.05, 4.69) is 38.1 Å². The van der Waals surface area contributed by atoms with Crippen molar-refractivity contribution in [2.24, 2.45) is 5.41 Å². The van der Waals surface area contributed by atoms with Crippen molar-refractivity contribution in [3.8, 4) is 0 Å². The molecule has 4 heteroatoms. The molecule has 1 aliphatic heterocycles. The number of halogens is 1. The first kappa shape index (κ1) is 16.7. The van der Waals surface area contributed by atoms with Crippen LogP contribution in [0.15, 0.2) is 24.3 Å². The molecule has 0 aromatic heterocycles. The van der Waals surface area contributed by atoms with Gasteiger partial charge in [-0.05, 0) is 30.9 Å². The predicted molar refractivity (Wildman–Crippen MR) is 91.9 cm³/mol. The normalized spacial score (nSPS) is 19.3. The summed E-state index contributed by atoms with van der Waals surface area (Å²) in [5.41, 5.74) is 2.05. The van der Waals surface area contributed by atoms with Gasteiger partial charge in [-0.15, -0.1) is 23.4 Å². The van der Waals surface area contributed by atoms with E-state index in [9.17, 15) is 4.79 Å². The third kappa shape index (κ3) is 3.57. The molecule has 1 amide bonds. The molecular formula is C17H24ClNOS. The maximum Gasteiger partial charge on any atom is 0.230 e. The summed E-state index contributed by atoms with van der Waals surface area (Å²) in [5.74, 6) is 2.02. The Morgan fingerprint density at radius 1 is 1.38 bits per heavy atom. The van der Waals surface area contributed by atoms with Crippen molar-refractivity contribution in [3.05, 3.63) is 35.4 Å². The number of benzene rings is 1. The molecule has 0 unspecified atom stereocenters. The zero-order valence-corrected chi connectivity index (χ0v) is 14.8. The van der Waals surface area contributed by atoms with Gasteiger partial charge in [0.2, 0.25) is 5.91 Å². The average Bonchev–Trinajstić information content (AvgIpc) is 2.95. The number of carbonyl (C=O) groups is 1. The lowest BCUT2D eigenvalue weighted by Gasteiger charge is -2.31. The summed E-state index contributed by atoms with van der Waals surface area (Å²) in [6.45, 7) is 9.03. The Morgan fingerprint density at radius 2 is 2.00 bits per heavy atom. The zero-order chi connectivity index (χ0) is 15.6. The lowest BCUT2D eigenvalue weighted by Crippen LogP contribution is -2.41. The van der Waals surface area contributed by atoms with Crippen LogP contribution in [0.4, 0.5) is 0 Å². The van der Waals surface area contributed by atoms with Gasteiger partial charge in [0.05, 0.1) is 5.41 Å². The Bertz CT molecular complexity index is 498. The van der Waals surface area contributed by atoms with E-state index in [4.69, 9.17) is 11.6 Å².